The molecule has 1 aromatic rings. The third-order valence-electron chi connectivity index (χ3n) is 4.36. The Balaban J connectivity index is 2.36. The highest BCUT2D eigenvalue weighted by Crippen LogP contribution is 2.38. The Labute approximate surface area is 123 Å². The minimum atomic E-state index is -0.392. The molecule has 0 spiro atoms. The minimum Gasteiger partial charge on any atom is -0.372 e. The third kappa shape index (κ3) is 2.88. The van der Waals surface area contributed by atoms with Gasteiger partial charge < -0.3 is 11.1 Å². The van der Waals surface area contributed by atoms with E-state index >= 15 is 0 Å². The van der Waals surface area contributed by atoms with Gasteiger partial charge in [-0.3, -0.25) is 10.1 Å². The second-order valence-electron chi connectivity index (χ2n) is 5.55. The van der Waals surface area contributed by atoms with Crippen LogP contribution >= 0.6 is 11.6 Å². The van der Waals surface area contributed by atoms with E-state index < -0.39 is 4.92 Å². The SMILES string of the molecule is CC1CCCCC1(CN)Nc1cc(Cl)ccc1[N+](=O)[O-]. The first kappa shape index (κ1) is 15.1. The molecule has 0 aromatic heterocycles. The van der Waals surface area contributed by atoms with Crippen molar-refractivity contribution in [2.75, 3.05) is 11.9 Å². The molecule has 2 unspecified atom stereocenters. The predicted molar refractivity (Wildman–Crippen MR) is 81.1 cm³/mol. The number of nitrogens with zero attached hydrogens (tertiary/aromatic N) is 1. The molecule has 1 aliphatic carbocycles. The fraction of sp³-hybridized carbons (Fsp3) is 0.571. The fourth-order valence-corrected chi connectivity index (χ4v) is 3.16. The maximum absolute atomic E-state index is 11.1. The van der Waals surface area contributed by atoms with Crippen LogP contribution in [-0.4, -0.2) is 17.0 Å². The van der Waals surface area contributed by atoms with Gasteiger partial charge in [-0.1, -0.05) is 31.4 Å². The monoisotopic (exact) mass is 297 g/mol. The van der Waals surface area contributed by atoms with Gasteiger partial charge in [0.25, 0.3) is 5.69 Å². The highest BCUT2D eigenvalue weighted by Gasteiger charge is 2.38. The molecule has 0 amide bonds. The molecule has 3 N–H and O–H groups in total. The summed E-state index contributed by atoms with van der Waals surface area (Å²) in [5, 5.41) is 15.0. The van der Waals surface area contributed by atoms with E-state index in [4.69, 9.17) is 17.3 Å². The summed E-state index contributed by atoms with van der Waals surface area (Å²) < 4.78 is 0. The number of anilines is 1. The zero-order valence-corrected chi connectivity index (χ0v) is 12.3. The highest BCUT2D eigenvalue weighted by atomic mass is 35.5. The maximum Gasteiger partial charge on any atom is 0.292 e. The van der Waals surface area contributed by atoms with Gasteiger partial charge in [0, 0.05) is 17.6 Å². The van der Waals surface area contributed by atoms with Crippen LogP contribution in [0.25, 0.3) is 0 Å². The lowest BCUT2D eigenvalue weighted by Gasteiger charge is -2.43. The van der Waals surface area contributed by atoms with Crippen molar-refractivity contribution in [1.29, 1.82) is 0 Å². The Kier molecular flexibility index (Phi) is 4.50. The van der Waals surface area contributed by atoms with Crippen molar-refractivity contribution < 1.29 is 4.92 Å². The van der Waals surface area contributed by atoms with Gasteiger partial charge >= 0.3 is 0 Å². The summed E-state index contributed by atoms with van der Waals surface area (Å²) in [5.41, 5.74) is 6.19. The lowest BCUT2D eigenvalue weighted by Crippen LogP contribution is -2.52. The van der Waals surface area contributed by atoms with E-state index in [1.165, 1.54) is 18.6 Å². The molecule has 2 rings (SSSR count). The van der Waals surface area contributed by atoms with Crippen molar-refractivity contribution in [2.24, 2.45) is 11.7 Å². The Morgan fingerprint density at radius 2 is 2.30 bits per heavy atom. The molecule has 2 atom stereocenters. The smallest absolute Gasteiger partial charge is 0.292 e. The van der Waals surface area contributed by atoms with Crippen LogP contribution in [0.2, 0.25) is 5.02 Å². The summed E-state index contributed by atoms with van der Waals surface area (Å²) >= 11 is 5.97. The number of hydrogen-bond acceptors (Lipinski definition) is 4. The van der Waals surface area contributed by atoms with Gasteiger partial charge in [0.15, 0.2) is 0 Å². The Bertz CT molecular complexity index is 509. The molecule has 5 nitrogen and oxygen atoms in total. The molecular formula is C14H20ClN3O2. The fourth-order valence-electron chi connectivity index (χ4n) is 2.99. The van der Waals surface area contributed by atoms with E-state index in [0.717, 1.165) is 19.3 Å². The van der Waals surface area contributed by atoms with Gasteiger partial charge in [-0.2, -0.15) is 0 Å². The van der Waals surface area contributed by atoms with E-state index in [0.29, 0.717) is 23.2 Å². The molecular weight excluding hydrogens is 278 g/mol. The van der Waals surface area contributed by atoms with Crippen LogP contribution in [0, 0.1) is 16.0 Å². The van der Waals surface area contributed by atoms with Gasteiger partial charge in [-0.05, 0) is 30.9 Å². The second kappa shape index (κ2) is 5.97. The van der Waals surface area contributed by atoms with Gasteiger partial charge in [0.05, 0.1) is 10.5 Å². The molecule has 0 aliphatic heterocycles. The molecule has 0 bridgehead atoms. The van der Waals surface area contributed by atoms with Crippen LogP contribution in [0.5, 0.6) is 0 Å². The summed E-state index contributed by atoms with van der Waals surface area (Å²) in [6.07, 6.45) is 4.28. The molecule has 0 saturated heterocycles. The number of nitrogens with one attached hydrogen (secondary N) is 1. The molecule has 0 heterocycles. The molecule has 1 aromatic carbocycles. The van der Waals surface area contributed by atoms with Crippen LogP contribution in [0.4, 0.5) is 11.4 Å². The van der Waals surface area contributed by atoms with E-state index in [9.17, 15) is 10.1 Å². The lowest BCUT2D eigenvalue weighted by molar-refractivity contribution is -0.384. The Morgan fingerprint density at radius 3 is 2.90 bits per heavy atom. The van der Waals surface area contributed by atoms with Gasteiger partial charge in [0.2, 0.25) is 0 Å². The molecule has 110 valence electrons. The van der Waals surface area contributed by atoms with Crippen LogP contribution in [0.1, 0.15) is 32.6 Å². The second-order valence-corrected chi connectivity index (χ2v) is 5.99. The number of halogens is 1. The summed E-state index contributed by atoms with van der Waals surface area (Å²) in [6.45, 7) is 2.60. The van der Waals surface area contributed by atoms with Gasteiger partial charge in [-0.15, -0.1) is 0 Å². The van der Waals surface area contributed by atoms with Crippen molar-refractivity contribution in [3.63, 3.8) is 0 Å². The molecule has 20 heavy (non-hydrogen) atoms. The number of nitro benzene ring substituents is 1. The molecule has 1 saturated carbocycles. The summed E-state index contributed by atoms with van der Waals surface area (Å²) in [5.74, 6) is 0.375. The zero-order valence-electron chi connectivity index (χ0n) is 11.6. The highest BCUT2D eigenvalue weighted by molar-refractivity contribution is 6.31. The van der Waals surface area contributed by atoms with Crippen molar-refractivity contribution in [1.82, 2.24) is 0 Å². The topological polar surface area (TPSA) is 81.2 Å². The van der Waals surface area contributed by atoms with Gasteiger partial charge in [0.1, 0.15) is 5.69 Å². The number of nitro groups is 1. The molecule has 1 fully saturated rings. The van der Waals surface area contributed by atoms with Gasteiger partial charge in [-0.25, -0.2) is 0 Å². The number of rotatable bonds is 4. The first-order valence-corrected chi connectivity index (χ1v) is 7.28. The number of hydrogen-bond donors (Lipinski definition) is 2. The molecule has 1 aliphatic rings. The summed E-state index contributed by atoms with van der Waals surface area (Å²) in [4.78, 5) is 10.7. The van der Waals surface area contributed by atoms with Crippen LogP contribution in [-0.2, 0) is 0 Å². The van der Waals surface area contributed by atoms with Crippen LogP contribution in [0.15, 0.2) is 18.2 Å². The minimum absolute atomic E-state index is 0.0417. The summed E-state index contributed by atoms with van der Waals surface area (Å²) in [7, 11) is 0. The molecule has 6 heteroatoms. The largest absolute Gasteiger partial charge is 0.372 e. The van der Waals surface area contributed by atoms with E-state index in [2.05, 4.69) is 12.2 Å². The standard InChI is InChI=1S/C14H20ClN3O2/c1-10-4-2-3-7-14(10,9-16)17-12-8-11(15)5-6-13(12)18(19)20/h5-6,8,10,17H,2-4,7,9,16H2,1H3. The maximum atomic E-state index is 11.1. The van der Waals surface area contributed by atoms with Crippen LogP contribution in [0.3, 0.4) is 0 Å². The van der Waals surface area contributed by atoms with Crippen LogP contribution < -0.4 is 11.1 Å². The van der Waals surface area contributed by atoms with Crippen molar-refractivity contribution in [3.8, 4) is 0 Å². The number of benzene rings is 1. The average molecular weight is 298 g/mol. The lowest BCUT2D eigenvalue weighted by atomic mass is 9.73. The average Bonchev–Trinajstić information content (AvgIpc) is 2.41. The molecule has 0 radical (unpaired) electrons. The first-order chi connectivity index (χ1) is 9.48. The zero-order chi connectivity index (χ0) is 14.8. The summed E-state index contributed by atoms with van der Waals surface area (Å²) in [6, 6.07) is 4.57. The predicted octanol–water partition coefficient (Wildman–Crippen LogP) is 3.57. The normalized spacial score (nSPS) is 26.2. The Morgan fingerprint density at radius 1 is 1.55 bits per heavy atom. The van der Waals surface area contributed by atoms with Crippen molar-refractivity contribution in [3.05, 3.63) is 33.3 Å². The van der Waals surface area contributed by atoms with E-state index in [1.807, 2.05) is 0 Å². The van der Waals surface area contributed by atoms with Crippen molar-refractivity contribution >= 4 is 23.0 Å². The number of nitrogens with two attached hydrogens (primary N) is 1. The first-order valence-electron chi connectivity index (χ1n) is 6.91. The third-order valence-corrected chi connectivity index (χ3v) is 4.59. The van der Waals surface area contributed by atoms with E-state index in [1.54, 1.807) is 6.07 Å². The quantitative estimate of drug-likeness (QED) is 0.657. The Hall–Kier alpha value is -1.33. The van der Waals surface area contributed by atoms with Crippen molar-refractivity contribution in [2.45, 2.75) is 38.1 Å². The van der Waals surface area contributed by atoms with E-state index in [-0.39, 0.29) is 11.2 Å².